The fourth-order valence-corrected chi connectivity index (χ4v) is 1.94. The Balaban J connectivity index is 0. The van der Waals surface area contributed by atoms with Gasteiger partial charge in [-0.15, -0.1) is 0 Å². The Kier molecular flexibility index (Phi) is 20.0. The summed E-state index contributed by atoms with van der Waals surface area (Å²) in [6.07, 6.45) is 1.16. The van der Waals surface area contributed by atoms with E-state index in [1.807, 2.05) is 20.8 Å². The zero-order valence-corrected chi connectivity index (χ0v) is 12.3. The molecule has 0 aliphatic rings. The number of rotatable bonds is 9. The molecule has 0 radical (unpaired) electrons. The minimum absolute atomic E-state index is 0.605. The first kappa shape index (κ1) is 18.4. The average Bonchev–Trinajstić information content (AvgIpc) is 2.28. The molecule has 0 unspecified atom stereocenters. The second-order valence-corrected chi connectivity index (χ2v) is 4.44. The Morgan fingerprint density at radius 1 is 0.938 bits per heavy atom. The van der Waals surface area contributed by atoms with Crippen molar-refractivity contribution in [3.8, 4) is 0 Å². The van der Waals surface area contributed by atoms with Crippen molar-refractivity contribution < 1.29 is 13.3 Å². The Labute approximate surface area is 102 Å². The van der Waals surface area contributed by atoms with Crippen LogP contribution in [-0.2, 0) is 13.3 Å². The Morgan fingerprint density at radius 3 is 1.56 bits per heavy atom. The van der Waals surface area contributed by atoms with E-state index in [0.29, 0.717) is 26.5 Å². The van der Waals surface area contributed by atoms with Crippen molar-refractivity contribution in [3.63, 3.8) is 0 Å². The zero-order valence-electron chi connectivity index (χ0n) is 11.1. The molecule has 0 amide bonds. The smallest absolute Gasteiger partial charge is 0.376 e. The predicted molar refractivity (Wildman–Crippen MR) is 69.4 cm³/mol. The van der Waals surface area contributed by atoms with E-state index < -0.39 is 9.53 Å². The minimum Gasteiger partial charge on any atom is -0.376 e. The Morgan fingerprint density at radius 2 is 1.38 bits per heavy atom. The number of nitrogens with two attached hydrogens (primary N) is 1. The fraction of sp³-hybridized carbons (Fsp3) is 1.00. The van der Waals surface area contributed by atoms with Crippen LogP contribution in [0, 0.1) is 0 Å². The summed E-state index contributed by atoms with van der Waals surface area (Å²) >= 11 is 0. The molecule has 0 heterocycles. The van der Waals surface area contributed by atoms with Crippen molar-refractivity contribution in [2.75, 3.05) is 33.0 Å². The van der Waals surface area contributed by atoms with Crippen LogP contribution in [0.15, 0.2) is 0 Å². The lowest BCUT2D eigenvalue weighted by Gasteiger charge is -2.12. The molecule has 0 fully saturated rings. The highest BCUT2D eigenvalue weighted by Gasteiger charge is 2.11. The third-order valence-electron chi connectivity index (χ3n) is 1.48. The summed E-state index contributed by atoms with van der Waals surface area (Å²) in [5, 5.41) is 2.98. The van der Waals surface area contributed by atoms with Gasteiger partial charge < -0.3 is 24.3 Å². The highest BCUT2D eigenvalue weighted by molar-refractivity contribution is 6.36. The third-order valence-corrected chi connectivity index (χ3v) is 3.30. The van der Waals surface area contributed by atoms with Crippen LogP contribution in [0.5, 0.6) is 0 Å². The van der Waals surface area contributed by atoms with Gasteiger partial charge in [-0.05, 0) is 33.7 Å². The number of hydrogen-bond acceptors (Lipinski definition) is 5. The molecule has 0 aliphatic heterocycles. The van der Waals surface area contributed by atoms with E-state index in [9.17, 15) is 0 Å². The molecule has 0 atom stereocenters. The standard InChI is InChI=1S/C6H16O3Si.C4H12N2/c1-4-7-10(8-5-2)9-6-3;1-2-3-6-4-5/h10H,4-6H2,1-3H3;6H,2-5H2,1H3. The predicted octanol–water partition coefficient (Wildman–Crippen LogP) is 0.715. The van der Waals surface area contributed by atoms with Crippen LogP contribution in [-0.4, -0.2) is 42.6 Å². The highest BCUT2D eigenvalue weighted by atomic mass is 28.3. The van der Waals surface area contributed by atoms with Crippen molar-refractivity contribution >= 4 is 9.53 Å². The summed E-state index contributed by atoms with van der Waals surface area (Å²) in [5.41, 5.74) is 5.10. The SMILES string of the molecule is CCCNCN.CCO[SiH](OCC)OCC. The van der Waals surface area contributed by atoms with E-state index >= 15 is 0 Å². The van der Waals surface area contributed by atoms with Gasteiger partial charge in [0.05, 0.1) is 0 Å². The van der Waals surface area contributed by atoms with Gasteiger partial charge in [-0.2, -0.15) is 0 Å². The molecular formula is C10H28N2O3Si. The second kappa shape index (κ2) is 17.4. The van der Waals surface area contributed by atoms with Gasteiger partial charge in [-0.25, -0.2) is 0 Å². The van der Waals surface area contributed by atoms with E-state index in [1.54, 1.807) is 0 Å². The van der Waals surface area contributed by atoms with Crippen molar-refractivity contribution in [1.29, 1.82) is 0 Å². The third kappa shape index (κ3) is 16.4. The molecule has 5 nitrogen and oxygen atoms in total. The summed E-state index contributed by atoms with van der Waals surface area (Å²) in [7, 11) is -1.73. The lowest BCUT2D eigenvalue weighted by atomic mass is 10.5. The van der Waals surface area contributed by atoms with Gasteiger partial charge in [0.25, 0.3) is 0 Å². The second-order valence-electron chi connectivity index (χ2n) is 2.86. The van der Waals surface area contributed by atoms with Gasteiger partial charge in [-0.1, -0.05) is 6.92 Å². The molecular weight excluding hydrogens is 224 g/mol. The molecule has 0 aromatic carbocycles. The molecule has 0 rings (SSSR count). The average molecular weight is 252 g/mol. The molecule has 0 saturated heterocycles. The first-order valence-corrected chi connectivity index (χ1v) is 7.43. The molecule has 0 saturated carbocycles. The largest absolute Gasteiger partial charge is 0.484 e. The first-order valence-electron chi connectivity index (χ1n) is 6.02. The topological polar surface area (TPSA) is 65.7 Å². The lowest BCUT2D eigenvalue weighted by molar-refractivity contribution is 0.107. The molecule has 100 valence electrons. The molecule has 0 bridgehead atoms. The van der Waals surface area contributed by atoms with Gasteiger partial charge in [-0.3, -0.25) is 0 Å². The summed E-state index contributed by atoms with van der Waals surface area (Å²) in [4.78, 5) is 0. The van der Waals surface area contributed by atoms with Crippen LogP contribution in [0.1, 0.15) is 34.1 Å². The van der Waals surface area contributed by atoms with Crippen LogP contribution in [0.25, 0.3) is 0 Å². The van der Waals surface area contributed by atoms with E-state index in [-0.39, 0.29) is 0 Å². The van der Waals surface area contributed by atoms with Gasteiger partial charge in [0.15, 0.2) is 0 Å². The summed E-state index contributed by atoms with van der Waals surface area (Å²) in [5.74, 6) is 0. The van der Waals surface area contributed by atoms with Crippen molar-refractivity contribution in [3.05, 3.63) is 0 Å². The van der Waals surface area contributed by atoms with Crippen molar-refractivity contribution in [2.24, 2.45) is 5.73 Å². The highest BCUT2D eigenvalue weighted by Crippen LogP contribution is 1.91. The minimum atomic E-state index is -1.73. The van der Waals surface area contributed by atoms with E-state index in [1.165, 1.54) is 0 Å². The summed E-state index contributed by atoms with van der Waals surface area (Å²) < 4.78 is 15.7. The van der Waals surface area contributed by atoms with Gasteiger partial charge in [0.1, 0.15) is 0 Å². The number of nitrogens with one attached hydrogen (secondary N) is 1. The molecule has 0 aromatic rings. The van der Waals surface area contributed by atoms with Crippen LogP contribution >= 0.6 is 0 Å². The van der Waals surface area contributed by atoms with E-state index in [4.69, 9.17) is 19.0 Å². The maximum atomic E-state index is 5.22. The lowest BCUT2D eigenvalue weighted by Crippen LogP contribution is -2.27. The quantitative estimate of drug-likeness (QED) is 0.359. The Hall–Kier alpha value is 0.0169. The molecule has 16 heavy (non-hydrogen) atoms. The molecule has 0 aliphatic carbocycles. The van der Waals surface area contributed by atoms with E-state index in [0.717, 1.165) is 13.0 Å². The zero-order chi connectivity index (χ0) is 12.6. The molecule has 0 spiro atoms. The van der Waals surface area contributed by atoms with E-state index in [2.05, 4.69) is 12.2 Å². The number of hydrogen-bond donors (Lipinski definition) is 2. The molecule has 0 aromatic heterocycles. The van der Waals surface area contributed by atoms with Crippen LogP contribution < -0.4 is 11.1 Å². The fourth-order valence-electron chi connectivity index (χ4n) is 0.831. The van der Waals surface area contributed by atoms with Gasteiger partial charge >= 0.3 is 9.53 Å². The summed E-state index contributed by atoms with van der Waals surface area (Å²) in [6.45, 7) is 11.6. The van der Waals surface area contributed by atoms with Gasteiger partial charge in [0, 0.05) is 26.5 Å². The first-order chi connectivity index (χ1) is 7.76. The maximum Gasteiger partial charge on any atom is 0.484 e. The van der Waals surface area contributed by atoms with Crippen LogP contribution in [0.3, 0.4) is 0 Å². The van der Waals surface area contributed by atoms with Crippen LogP contribution in [0.2, 0.25) is 0 Å². The van der Waals surface area contributed by atoms with Gasteiger partial charge in [0.2, 0.25) is 0 Å². The Bertz CT molecular complexity index is 102. The summed E-state index contributed by atoms with van der Waals surface area (Å²) in [6, 6.07) is 0. The van der Waals surface area contributed by atoms with Crippen molar-refractivity contribution in [2.45, 2.75) is 34.1 Å². The van der Waals surface area contributed by atoms with Crippen molar-refractivity contribution in [1.82, 2.24) is 5.32 Å². The van der Waals surface area contributed by atoms with Crippen LogP contribution in [0.4, 0.5) is 0 Å². The maximum absolute atomic E-state index is 5.22. The molecule has 3 N–H and O–H groups in total. The molecule has 6 heteroatoms. The monoisotopic (exact) mass is 252 g/mol. The normalized spacial score (nSPS) is 10.1.